The first-order valence-corrected chi connectivity index (χ1v) is 4.72. The average molecular weight is 206 g/mol. The van der Waals surface area contributed by atoms with Crippen LogP contribution in [0.5, 0.6) is 11.5 Å². The maximum absolute atomic E-state index is 5.58. The van der Waals surface area contributed by atoms with Crippen molar-refractivity contribution in [1.29, 1.82) is 0 Å². The number of nitrogens with one attached hydrogen (secondary N) is 1. The minimum Gasteiger partial charge on any atom is -0.496 e. The van der Waals surface area contributed by atoms with E-state index in [0.29, 0.717) is 6.54 Å². The first kappa shape index (κ1) is 9.86. The van der Waals surface area contributed by atoms with E-state index < -0.39 is 0 Å². The van der Waals surface area contributed by atoms with Crippen molar-refractivity contribution in [2.45, 2.75) is 6.54 Å². The molecule has 0 saturated heterocycles. The van der Waals surface area contributed by atoms with Crippen molar-refractivity contribution in [1.82, 2.24) is 4.98 Å². The summed E-state index contributed by atoms with van der Waals surface area (Å²) in [5.74, 6) is 1.62. The third kappa shape index (κ3) is 1.53. The lowest BCUT2D eigenvalue weighted by Crippen LogP contribution is -1.95. The Kier molecular flexibility index (Phi) is 2.51. The van der Waals surface area contributed by atoms with Crippen LogP contribution in [0.2, 0.25) is 0 Å². The predicted molar refractivity (Wildman–Crippen MR) is 59.3 cm³/mol. The molecule has 0 aliphatic rings. The summed E-state index contributed by atoms with van der Waals surface area (Å²) in [7, 11) is 3.29. The van der Waals surface area contributed by atoms with Gasteiger partial charge in [-0.1, -0.05) is 0 Å². The fourth-order valence-electron chi connectivity index (χ4n) is 1.68. The molecule has 0 bridgehead atoms. The Morgan fingerprint density at radius 3 is 2.47 bits per heavy atom. The number of hydrogen-bond acceptors (Lipinski definition) is 3. The molecule has 4 nitrogen and oxygen atoms in total. The fourth-order valence-corrected chi connectivity index (χ4v) is 1.68. The molecule has 15 heavy (non-hydrogen) atoms. The SMILES string of the molecule is COc1ccc(OC)c2[nH]c(CN)cc12. The molecule has 1 heterocycles. The normalized spacial score (nSPS) is 10.6. The lowest BCUT2D eigenvalue weighted by Gasteiger charge is -2.05. The van der Waals surface area contributed by atoms with Crippen LogP contribution in [0, 0.1) is 0 Å². The number of aromatic amines is 1. The second-order valence-corrected chi connectivity index (χ2v) is 3.26. The second-order valence-electron chi connectivity index (χ2n) is 3.26. The molecule has 4 heteroatoms. The monoisotopic (exact) mass is 206 g/mol. The van der Waals surface area contributed by atoms with Gasteiger partial charge in [0.15, 0.2) is 0 Å². The molecule has 2 rings (SSSR count). The van der Waals surface area contributed by atoms with Crippen molar-refractivity contribution >= 4 is 10.9 Å². The van der Waals surface area contributed by atoms with Crippen LogP contribution in [0.1, 0.15) is 5.69 Å². The van der Waals surface area contributed by atoms with Gasteiger partial charge in [0.2, 0.25) is 0 Å². The molecule has 0 unspecified atom stereocenters. The van der Waals surface area contributed by atoms with Crippen LogP contribution in [0.25, 0.3) is 10.9 Å². The Balaban J connectivity index is 2.71. The summed E-state index contributed by atoms with van der Waals surface area (Å²) in [6.07, 6.45) is 0. The van der Waals surface area contributed by atoms with Gasteiger partial charge in [0.1, 0.15) is 11.5 Å². The zero-order valence-corrected chi connectivity index (χ0v) is 8.83. The molecule has 0 aliphatic carbocycles. The molecule has 0 amide bonds. The van der Waals surface area contributed by atoms with E-state index in [0.717, 1.165) is 28.1 Å². The largest absolute Gasteiger partial charge is 0.496 e. The number of aromatic nitrogens is 1. The minimum absolute atomic E-state index is 0.473. The molecule has 0 atom stereocenters. The van der Waals surface area contributed by atoms with Crippen LogP contribution >= 0.6 is 0 Å². The predicted octanol–water partition coefficient (Wildman–Crippen LogP) is 1.64. The minimum atomic E-state index is 0.473. The highest BCUT2D eigenvalue weighted by Crippen LogP contribution is 2.32. The van der Waals surface area contributed by atoms with Gasteiger partial charge in [0, 0.05) is 17.6 Å². The molecule has 0 spiro atoms. The molecule has 0 saturated carbocycles. The van der Waals surface area contributed by atoms with Crippen LogP contribution < -0.4 is 15.2 Å². The Morgan fingerprint density at radius 1 is 1.20 bits per heavy atom. The van der Waals surface area contributed by atoms with Crippen LogP contribution in [0.3, 0.4) is 0 Å². The van der Waals surface area contributed by atoms with E-state index >= 15 is 0 Å². The van der Waals surface area contributed by atoms with Crippen LogP contribution in [0.4, 0.5) is 0 Å². The second kappa shape index (κ2) is 3.82. The van der Waals surface area contributed by atoms with Gasteiger partial charge >= 0.3 is 0 Å². The molecular formula is C11H14N2O2. The molecule has 1 aromatic carbocycles. The summed E-state index contributed by atoms with van der Waals surface area (Å²) in [6.45, 7) is 0.473. The van der Waals surface area contributed by atoms with E-state index in [-0.39, 0.29) is 0 Å². The molecule has 0 aliphatic heterocycles. The van der Waals surface area contributed by atoms with Crippen molar-refractivity contribution in [2.24, 2.45) is 5.73 Å². The number of H-pyrrole nitrogens is 1. The molecule has 1 aromatic heterocycles. The molecule has 2 aromatic rings. The zero-order valence-electron chi connectivity index (χ0n) is 8.83. The van der Waals surface area contributed by atoms with Crippen molar-refractivity contribution < 1.29 is 9.47 Å². The van der Waals surface area contributed by atoms with E-state index in [1.54, 1.807) is 14.2 Å². The first-order valence-electron chi connectivity index (χ1n) is 4.72. The number of nitrogens with two attached hydrogens (primary N) is 1. The molecular weight excluding hydrogens is 192 g/mol. The van der Waals surface area contributed by atoms with Crippen molar-refractivity contribution in [2.75, 3.05) is 14.2 Å². The maximum Gasteiger partial charge on any atom is 0.143 e. The van der Waals surface area contributed by atoms with Gasteiger partial charge in [-0.05, 0) is 18.2 Å². The Bertz CT molecular complexity index is 436. The van der Waals surface area contributed by atoms with Gasteiger partial charge in [0.05, 0.1) is 19.7 Å². The standard InChI is InChI=1S/C11H14N2O2/c1-14-9-3-4-10(15-2)11-8(9)5-7(6-12)13-11/h3-5,13H,6,12H2,1-2H3. The van der Waals surface area contributed by atoms with Gasteiger partial charge in [-0.15, -0.1) is 0 Å². The van der Waals surface area contributed by atoms with E-state index in [9.17, 15) is 0 Å². The Labute approximate surface area is 88.0 Å². The Hall–Kier alpha value is -1.68. The van der Waals surface area contributed by atoms with Crippen molar-refractivity contribution in [3.8, 4) is 11.5 Å². The van der Waals surface area contributed by atoms with Gasteiger partial charge in [0.25, 0.3) is 0 Å². The summed E-state index contributed by atoms with van der Waals surface area (Å²) in [5.41, 5.74) is 7.48. The quantitative estimate of drug-likeness (QED) is 0.802. The molecule has 0 fully saturated rings. The lowest BCUT2D eigenvalue weighted by atomic mass is 10.2. The smallest absolute Gasteiger partial charge is 0.143 e. The molecule has 80 valence electrons. The number of benzene rings is 1. The highest BCUT2D eigenvalue weighted by atomic mass is 16.5. The third-order valence-corrected chi connectivity index (χ3v) is 2.43. The van der Waals surface area contributed by atoms with Crippen molar-refractivity contribution in [3.63, 3.8) is 0 Å². The summed E-state index contributed by atoms with van der Waals surface area (Å²) >= 11 is 0. The van der Waals surface area contributed by atoms with Gasteiger partial charge in [-0.25, -0.2) is 0 Å². The topological polar surface area (TPSA) is 60.3 Å². The molecule has 3 N–H and O–H groups in total. The van der Waals surface area contributed by atoms with Crippen LogP contribution in [-0.4, -0.2) is 19.2 Å². The van der Waals surface area contributed by atoms with Crippen LogP contribution in [-0.2, 0) is 6.54 Å². The van der Waals surface area contributed by atoms with Gasteiger partial charge in [-0.3, -0.25) is 0 Å². The zero-order chi connectivity index (χ0) is 10.8. The number of methoxy groups -OCH3 is 2. The summed E-state index contributed by atoms with van der Waals surface area (Å²) in [5, 5.41) is 0.998. The van der Waals surface area contributed by atoms with E-state index in [4.69, 9.17) is 15.2 Å². The third-order valence-electron chi connectivity index (χ3n) is 2.43. The summed E-state index contributed by atoms with van der Waals surface area (Å²) in [6, 6.07) is 5.74. The van der Waals surface area contributed by atoms with Crippen LogP contribution in [0.15, 0.2) is 18.2 Å². The lowest BCUT2D eigenvalue weighted by molar-refractivity contribution is 0.410. The Morgan fingerprint density at radius 2 is 1.87 bits per heavy atom. The number of hydrogen-bond donors (Lipinski definition) is 2. The number of ether oxygens (including phenoxy) is 2. The number of rotatable bonds is 3. The van der Waals surface area contributed by atoms with Crippen molar-refractivity contribution in [3.05, 3.63) is 23.9 Å². The van der Waals surface area contributed by atoms with Gasteiger partial charge in [-0.2, -0.15) is 0 Å². The summed E-state index contributed by atoms with van der Waals surface area (Å²) in [4.78, 5) is 3.21. The van der Waals surface area contributed by atoms with E-state index in [2.05, 4.69) is 4.98 Å². The maximum atomic E-state index is 5.58. The van der Waals surface area contributed by atoms with E-state index in [1.165, 1.54) is 0 Å². The summed E-state index contributed by atoms with van der Waals surface area (Å²) < 4.78 is 10.5. The highest BCUT2D eigenvalue weighted by molar-refractivity contribution is 5.91. The first-order chi connectivity index (χ1) is 7.30. The number of fused-ring (bicyclic) bond motifs is 1. The fraction of sp³-hybridized carbons (Fsp3) is 0.273. The van der Waals surface area contributed by atoms with Gasteiger partial charge < -0.3 is 20.2 Å². The highest BCUT2D eigenvalue weighted by Gasteiger charge is 2.09. The van der Waals surface area contributed by atoms with E-state index in [1.807, 2.05) is 18.2 Å². The average Bonchev–Trinajstić information content (AvgIpc) is 2.71. The molecule has 0 radical (unpaired) electrons.